The zero-order valence-corrected chi connectivity index (χ0v) is 15.8. The number of carbonyl (C=O) groups excluding carboxylic acids is 2. The van der Waals surface area contributed by atoms with Gasteiger partial charge in [-0.05, 0) is 38.5 Å². The Morgan fingerprint density at radius 1 is 1.28 bits per heavy atom. The van der Waals surface area contributed by atoms with Gasteiger partial charge in [-0.3, -0.25) is 9.59 Å². The maximum atomic E-state index is 12.0. The van der Waals surface area contributed by atoms with Gasteiger partial charge < -0.3 is 9.47 Å². The van der Waals surface area contributed by atoms with Crippen LogP contribution in [-0.4, -0.2) is 39.1 Å². The fourth-order valence-electron chi connectivity index (χ4n) is 2.09. The van der Waals surface area contributed by atoms with Gasteiger partial charge in [0.1, 0.15) is 18.4 Å². The monoisotopic (exact) mass is 371 g/mol. The number of benzene rings is 1. The maximum absolute atomic E-state index is 12.0. The lowest BCUT2D eigenvalue weighted by Crippen LogP contribution is -2.40. The molecule has 0 amide bonds. The van der Waals surface area contributed by atoms with Crippen LogP contribution >= 0.6 is 0 Å². The summed E-state index contributed by atoms with van der Waals surface area (Å²) in [5.41, 5.74) is 1.00. The van der Waals surface area contributed by atoms with Crippen molar-refractivity contribution >= 4 is 21.8 Å². The molecule has 0 unspecified atom stereocenters. The Balaban J connectivity index is 2.72. The van der Waals surface area contributed by atoms with Crippen LogP contribution in [0.5, 0.6) is 5.75 Å². The van der Waals surface area contributed by atoms with Crippen LogP contribution in [0.3, 0.4) is 0 Å². The van der Waals surface area contributed by atoms with Gasteiger partial charge in [-0.15, -0.1) is 0 Å². The standard InChI is InChI=1S/C17H25NO6S/c1-5-6-9-25(21,22)18-12(2)17(20)24-11-15-10-14(13(3)19)7-8-16(15)23-4/h7-8,10,12,18H,5-6,9,11H2,1-4H3/t12-/m0/s1. The Morgan fingerprint density at radius 2 is 1.96 bits per heavy atom. The normalized spacial score (nSPS) is 12.5. The largest absolute Gasteiger partial charge is 0.496 e. The van der Waals surface area contributed by atoms with Gasteiger partial charge in [0.05, 0.1) is 12.9 Å². The first-order chi connectivity index (χ1) is 11.7. The van der Waals surface area contributed by atoms with Gasteiger partial charge in [-0.2, -0.15) is 0 Å². The highest BCUT2D eigenvalue weighted by Gasteiger charge is 2.21. The number of methoxy groups -OCH3 is 1. The van der Waals surface area contributed by atoms with E-state index in [9.17, 15) is 18.0 Å². The summed E-state index contributed by atoms with van der Waals surface area (Å²) in [6.07, 6.45) is 1.26. The Hall–Kier alpha value is -1.93. The smallest absolute Gasteiger partial charge is 0.324 e. The van der Waals surface area contributed by atoms with Gasteiger partial charge in [-0.25, -0.2) is 13.1 Å². The molecule has 1 aromatic rings. The van der Waals surface area contributed by atoms with Gasteiger partial charge in [-0.1, -0.05) is 13.3 Å². The molecule has 0 aliphatic heterocycles. The summed E-state index contributed by atoms with van der Waals surface area (Å²) in [5.74, 6) is -0.369. The number of nitrogens with one attached hydrogen (secondary N) is 1. The number of ether oxygens (including phenoxy) is 2. The van der Waals surface area contributed by atoms with Crippen molar-refractivity contribution in [1.29, 1.82) is 0 Å². The summed E-state index contributed by atoms with van der Waals surface area (Å²) in [4.78, 5) is 23.5. The van der Waals surface area contributed by atoms with Crippen molar-refractivity contribution in [2.45, 2.75) is 46.3 Å². The first-order valence-electron chi connectivity index (χ1n) is 8.04. The number of sulfonamides is 1. The van der Waals surface area contributed by atoms with Crippen molar-refractivity contribution in [3.05, 3.63) is 29.3 Å². The van der Waals surface area contributed by atoms with Crippen molar-refractivity contribution in [1.82, 2.24) is 4.72 Å². The van der Waals surface area contributed by atoms with E-state index in [2.05, 4.69) is 4.72 Å². The number of ketones is 1. The molecule has 7 nitrogen and oxygen atoms in total. The molecule has 0 radical (unpaired) electrons. The molecule has 0 saturated heterocycles. The summed E-state index contributed by atoms with van der Waals surface area (Å²) >= 11 is 0. The number of Topliss-reactive ketones (excluding diaryl/α,β-unsaturated/α-hetero) is 1. The molecule has 1 aromatic carbocycles. The molecular formula is C17H25NO6S. The van der Waals surface area contributed by atoms with E-state index >= 15 is 0 Å². The van der Waals surface area contributed by atoms with E-state index in [0.717, 1.165) is 6.42 Å². The first kappa shape index (κ1) is 21.1. The van der Waals surface area contributed by atoms with Crippen molar-refractivity contribution in [2.24, 2.45) is 0 Å². The highest BCUT2D eigenvalue weighted by molar-refractivity contribution is 7.89. The van der Waals surface area contributed by atoms with E-state index in [-0.39, 0.29) is 18.1 Å². The highest BCUT2D eigenvalue weighted by atomic mass is 32.2. The molecule has 0 aliphatic rings. The van der Waals surface area contributed by atoms with Crippen LogP contribution in [0.15, 0.2) is 18.2 Å². The Morgan fingerprint density at radius 3 is 2.52 bits per heavy atom. The summed E-state index contributed by atoms with van der Waals surface area (Å²) in [7, 11) is -2.05. The zero-order valence-electron chi connectivity index (χ0n) is 15.0. The third-order valence-electron chi connectivity index (χ3n) is 3.53. The van der Waals surface area contributed by atoms with Gasteiger partial charge >= 0.3 is 5.97 Å². The zero-order chi connectivity index (χ0) is 19.0. The second kappa shape index (κ2) is 9.53. The van der Waals surface area contributed by atoms with E-state index in [0.29, 0.717) is 23.3 Å². The third kappa shape index (κ3) is 6.83. The SMILES string of the molecule is CCCCS(=O)(=O)N[C@@H](C)C(=O)OCc1cc(C(C)=O)ccc1OC. The van der Waals surface area contributed by atoms with Gasteiger partial charge in [0.25, 0.3) is 0 Å². The summed E-state index contributed by atoms with van der Waals surface area (Å²) in [6.45, 7) is 4.62. The van der Waals surface area contributed by atoms with Crippen LogP contribution in [0, 0.1) is 0 Å². The topological polar surface area (TPSA) is 98.8 Å². The predicted molar refractivity (Wildman–Crippen MR) is 94.1 cm³/mol. The lowest BCUT2D eigenvalue weighted by atomic mass is 10.1. The van der Waals surface area contributed by atoms with Crippen molar-refractivity contribution < 1.29 is 27.5 Å². The number of carbonyl (C=O) groups is 2. The Bertz CT molecular complexity index is 714. The minimum atomic E-state index is -3.52. The van der Waals surface area contributed by atoms with E-state index in [4.69, 9.17) is 9.47 Å². The molecule has 0 saturated carbocycles. The number of rotatable bonds is 10. The predicted octanol–water partition coefficient (Wildman–Crippen LogP) is 2.05. The Kier molecular flexibility index (Phi) is 8.05. The molecule has 0 bridgehead atoms. The fourth-order valence-corrected chi connectivity index (χ4v) is 3.52. The van der Waals surface area contributed by atoms with Gasteiger partial charge in [0.15, 0.2) is 5.78 Å². The second-order valence-electron chi connectivity index (χ2n) is 5.70. The van der Waals surface area contributed by atoms with Crippen LogP contribution in [0.25, 0.3) is 0 Å². The number of esters is 1. The van der Waals surface area contributed by atoms with Crippen LogP contribution in [0.1, 0.15) is 49.5 Å². The minimum Gasteiger partial charge on any atom is -0.496 e. The van der Waals surface area contributed by atoms with Crippen LogP contribution in [-0.2, 0) is 26.2 Å². The second-order valence-corrected chi connectivity index (χ2v) is 7.58. The molecule has 1 N–H and O–H groups in total. The molecule has 0 aliphatic carbocycles. The molecule has 140 valence electrons. The Labute approximate surface area is 148 Å². The van der Waals surface area contributed by atoms with Crippen molar-refractivity contribution in [3.63, 3.8) is 0 Å². The van der Waals surface area contributed by atoms with E-state index in [1.54, 1.807) is 18.2 Å². The van der Waals surface area contributed by atoms with E-state index < -0.39 is 22.0 Å². The average Bonchev–Trinajstić information content (AvgIpc) is 2.56. The van der Waals surface area contributed by atoms with E-state index in [1.165, 1.54) is 21.0 Å². The van der Waals surface area contributed by atoms with Crippen molar-refractivity contribution in [2.75, 3.05) is 12.9 Å². The lowest BCUT2D eigenvalue weighted by molar-refractivity contribution is -0.146. The first-order valence-corrected chi connectivity index (χ1v) is 9.70. The van der Waals surface area contributed by atoms with Crippen molar-refractivity contribution in [3.8, 4) is 5.75 Å². The quantitative estimate of drug-likeness (QED) is 0.499. The van der Waals surface area contributed by atoms with E-state index in [1.807, 2.05) is 6.92 Å². The number of hydrogen-bond acceptors (Lipinski definition) is 6. The number of unbranched alkanes of at least 4 members (excludes halogenated alkanes) is 1. The maximum Gasteiger partial charge on any atom is 0.324 e. The molecule has 1 rings (SSSR count). The third-order valence-corrected chi connectivity index (χ3v) is 5.07. The minimum absolute atomic E-state index is 0.0321. The molecule has 0 spiro atoms. The van der Waals surface area contributed by atoms with Crippen LogP contribution in [0.4, 0.5) is 0 Å². The fraction of sp³-hybridized carbons (Fsp3) is 0.529. The molecule has 8 heteroatoms. The molecule has 25 heavy (non-hydrogen) atoms. The van der Waals surface area contributed by atoms with Crippen LogP contribution in [0.2, 0.25) is 0 Å². The highest BCUT2D eigenvalue weighted by Crippen LogP contribution is 2.21. The molecular weight excluding hydrogens is 346 g/mol. The van der Waals surface area contributed by atoms with Crippen LogP contribution < -0.4 is 9.46 Å². The molecule has 0 aromatic heterocycles. The van der Waals surface area contributed by atoms with Gasteiger partial charge in [0, 0.05) is 11.1 Å². The summed E-state index contributed by atoms with van der Waals surface area (Å²) in [6, 6.07) is 3.84. The molecule has 0 fully saturated rings. The average molecular weight is 371 g/mol. The van der Waals surface area contributed by atoms with Gasteiger partial charge in [0.2, 0.25) is 10.0 Å². The summed E-state index contributed by atoms with van der Waals surface area (Å²) < 4.78 is 36.3. The molecule has 1 atom stereocenters. The molecule has 0 heterocycles. The number of hydrogen-bond donors (Lipinski definition) is 1. The lowest BCUT2D eigenvalue weighted by Gasteiger charge is -2.15. The summed E-state index contributed by atoms with van der Waals surface area (Å²) in [5, 5.41) is 0.